The third-order valence-electron chi connectivity index (χ3n) is 7.93. The molecule has 0 saturated heterocycles. The zero-order valence-electron chi connectivity index (χ0n) is 37.6. The fourth-order valence-electron chi connectivity index (χ4n) is 5.72. The van der Waals surface area contributed by atoms with Crippen LogP contribution in [0.5, 0.6) is 0 Å². The molecule has 1 heterocycles. The second kappa shape index (κ2) is 20.2. The third kappa shape index (κ3) is 16.9. The predicted molar refractivity (Wildman–Crippen MR) is 224 cm³/mol. The predicted octanol–water partition coefficient (Wildman–Crippen LogP) is 8.34. The molecule has 1 aliphatic rings. The van der Waals surface area contributed by atoms with Crippen LogP contribution >= 0.6 is 0 Å². The molecule has 0 unspecified atom stereocenters. The molecule has 59 heavy (non-hydrogen) atoms. The molecule has 0 aliphatic heterocycles. The van der Waals surface area contributed by atoms with Crippen molar-refractivity contribution in [2.24, 2.45) is 7.05 Å². The number of fused-ring (bicyclic) bond motifs is 2. The number of benzene rings is 2. The van der Waals surface area contributed by atoms with Crippen molar-refractivity contribution in [1.29, 1.82) is 10.5 Å². The second-order valence-electron chi connectivity index (χ2n) is 18.0. The summed E-state index contributed by atoms with van der Waals surface area (Å²) in [7, 11) is 0.828. The van der Waals surface area contributed by atoms with Gasteiger partial charge in [0.15, 0.2) is 0 Å². The van der Waals surface area contributed by atoms with Gasteiger partial charge in [0.05, 0.1) is 14.6 Å². The van der Waals surface area contributed by atoms with Crippen molar-refractivity contribution in [3.8, 4) is 12.1 Å². The zero-order valence-corrected chi connectivity index (χ0v) is 36.6. The van der Waals surface area contributed by atoms with Gasteiger partial charge in [-0.15, -0.1) is 0 Å². The highest BCUT2D eigenvalue weighted by Crippen LogP contribution is 2.27. The zero-order chi connectivity index (χ0) is 45.8. The third-order valence-corrected chi connectivity index (χ3v) is 7.93. The number of nitrogens with zero attached hydrogens (tertiary/aromatic N) is 3. The van der Waals surface area contributed by atoms with Gasteiger partial charge in [-0.05, 0) is 130 Å². The van der Waals surface area contributed by atoms with E-state index in [1.165, 1.54) is 0 Å². The number of alkyl carbamates (subject to hydrolysis) is 2. The van der Waals surface area contributed by atoms with Crippen LogP contribution < -0.4 is 10.6 Å². The van der Waals surface area contributed by atoms with Gasteiger partial charge in [0, 0.05) is 42.8 Å². The van der Waals surface area contributed by atoms with E-state index in [0.717, 1.165) is 33.2 Å². The fraction of sp³-hybridized carbons (Fsp3) is 0.511. The van der Waals surface area contributed by atoms with Crippen LogP contribution in [0.4, 0.5) is 14.0 Å². The number of aryl methyl sites for hydroxylation is 1. The number of hydrogen-bond donors (Lipinski definition) is 2. The van der Waals surface area contributed by atoms with E-state index < -0.39 is 65.8 Å². The van der Waals surface area contributed by atoms with Gasteiger partial charge in [-0.25, -0.2) is 19.2 Å². The fourth-order valence-corrected chi connectivity index (χ4v) is 5.72. The van der Waals surface area contributed by atoms with Crippen molar-refractivity contribution in [2.45, 2.75) is 137 Å². The van der Waals surface area contributed by atoms with E-state index in [4.69, 9.17) is 25.6 Å². The molecule has 0 saturated carbocycles. The first-order valence-electron chi connectivity index (χ1n) is 19.8. The quantitative estimate of drug-likeness (QED) is 0.166. The first kappa shape index (κ1) is 47.5. The van der Waals surface area contributed by atoms with E-state index >= 15 is 0 Å². The highest BCUT2D eigenvalue weighted by Gasteiger charge is 2.31. The van der Waals surface area contributed by atoms with Crippen LogP contribution in [0, 0.1) is 22.7 Å². The number of esters is 2. The maximum atomic E-state index is 12.7. The van der Waals surface area contributed by atoms with Crippen LogP contribution in [0.1, 0.15) is 112 Å². The Morgan fingerprint density at radius 3 is 1.59 bits per heavy atom. The maximum Gasteiger partial charge on any atom is 0.408 e. The van der Waals surface area contributed by atoms with Gasteiger partial charge >= 0.3 is 24.1 Å². The van der Waals surface area contributed by atoms with E-state index in [2.05, 4.69) is 22.8 Å². The van der Waals surface area contributed by atoms with Crippen LogP contribution in [0.15, 0.2) is 48.0 Å². The average molecular weight is 819 g/mol. The molecular formula is C45H60FN5O8. The molecular weight excluding hydrogens is 758 g/mol. The Morgan fingerprint density at radius 1 is 0.729 bits per heavy atom. The Balaban J connectivity index is 0.000000388. The summed E-state index contributed by atoms with van der Waals surface area (Å²) in [5, 5.41) is 24.4. The molecule has 2 atom stereocenters. The molecule has 320 valence electrons. The molecule has 0 fully saturated rings. The van der Waals surface area contributed by atoms with Gasteiger partial charge < -0.3 is 34.1 Å². The van der Waals surface area contributed by atoms with E-state index in [1.54, 1.807) is 89.2 Å². The van der Waals surface area contributed by atoms with E-state index in [1.807, 2.05) is 54.1 Å². The summed E-state index contributed by atoms with van der Waals surface area (Å²) < 4.78 is 38.8. The van der Waals surface area contributed by atoms with Crippen molar-refractivity contribution in [2.75, 3.05) is 7.15 Å². The summed E-state index contributed by atoms with van der Waals surface area (Å²) in [6.07, 6.45) is 1.62. The summed E-state index contributed by atoms with van der Waals surface area (Å²) in [6.45, 7) is 21.2. The Labute approximate surface area is 349 Å². The summed E-state index contributed by atoms with van der Waals surface area (Å²) in [5.41, 5.74) is 3.20. The van der Waals surface area contributed by atoms with E-state index in [-0.39, 0.29) is 12.8 Å². The van der Waals surface area contributed by atoms with Crippen molar-refractivity contribution in [3.05, 3.63) is 76.0 Å². The van der Waals surface area contributed by atoms with Crippen molar-refractivity contribution < 1.29 is 43.9 Å². The average Bonchev–Trinajstić information content (AvgIpc) is 3.64. The Hall–Kier alpha value is -5.89. The lowest BCUT2D eigenvalue weighted by Crippen LogP contribution is -2.47. The number of ether oxygens (including phenoxy) is 4. The number of aromatic nitrogens is 1. The molecule has 2 aromatic carbocycles. The van der Waals surface area contributed by atoms with E-state index in [0.29, 0.717) is 17.7 Å². The standard InChI is InChI=1S/C22H29N3O4.C22H28N2O4.CH3F/c1-21(2,3)28-19(26)17(24-20(27)29-22(4,5)6)11-14-8-9-18-15(10-14)12-16(13-23)25(18)7;1-21(2,3)27-19(25)18(24-20(26)28-22(4,5)6)12-14-7-8-16-10-15(13-23)11-17(16)9-14;1-2/h8-10,12,17H,11H2,1-7H3,(H,24,27);7-9,11,18H,10,12H2,1-6H3,(H,24,26);1H3/t17-;18-;/m00./s1/i;;1D. The smallest absolute Gasteiger partial charge is 0.408 e. The molecule has 0 spiro atoms. The minimum atomic E-state index is -1.00. The number of allylic oxidation sites excluding steroid dienone is 1. The molecule has 14 heteroatoms. The number of nitrogens with one attached hydrogen (secondary N) is 2. The number of hydrogen-bond acceptors (Lipinski definition) is 10. The highest BCUT2D eigenvalue weighted by atomic mass is 19.1. The van der Waals surface area contributed by atoms with Crippen LogP contribution in [-0.2, 0) is 54.8 Å². The number of nitriles is 2. The van der Waals surface area contributed by atoms with Crippen molar-refractivity contribution in [1.82, 2.24) is 15.2 Å². The van der Waals surface area contributed by atoms with Crippen molar-refractivity contribution >= 4 is 41.1 Å². The summed E-state index contributed by atoms with van der Waals surface area (Å²) >= 11 is 0. The van der Waals surface area contributed by atoms with Gasteiger partial charge in [-0.2, -0.15) is 10.5 Å². The maximum absolute atomic E-state index is 12.7. The summed E-state index contributed by atoms with van der Waals surface area (Å²) in [6, 6.07) is 15.8. The lowest BCUT2D eigenvalue weighted by Gasteiger charge is -2.26. The molecule has 0 bridgehead atoms. The van der Waals surface area contributed by atoms with Crippen LogP contribution in [0.2, 0.25) is 0 Å². The monoisotopic (exact) mass is 818 g/mol. The Bertz CT molecular complexity index is 2120. The molecule has 1 aromatic heterocycles. The largest absolute Gasteiger partial charge is 0.458 e. The Kier molecular flexibility index (Phi) is 16.2. The van der Waals surface area contributed by atoms with Gasteiger partial charge in [0.1, 0.15) is 46.3 Å². The number of carbonyl (C=O) groups excluding carboxylic acids is 4. The highest BCUT2D eigenvalue weighted by molar-refractivity contribution is 5.85. The molecule has 0 radical (unpaired) electrons. The summed E-state index contributed by atoms with van der Waals surface area (Å²) in [5.74, 6) is -1.05. The minimum Gasteiger partial charge on any atom is -0.458 e. The lowest BCUT2D eigenvalue weighted by molar-refractivity contribution is -0.158. The number of amides is 2. The van der Waals surface area contributed by atoms with Crippen LogP contribution in [-0.4, -0.2) is 70.3 Å². The first-order valence-corrected chi connectivity index (χ1v) is 19.1. The number of rotatable bonds is 8. The minimum absolute atomic E-state index is 0.237. The normalized spacial score (nSPS) is 13.5. The van der Waals surface area contributed by atoms with Gasteiger partial charge in [-0.1, -0.05) is 24.3 Å². The molecule has 13 nitrogen and oxygen atoms in total. The summed E-state index contributed by atoms with van der Waals surface area (Å²) in [4.78, 5) is 49.8. The second-order valence-corrected chi connectivity index (χ2v) is 18.0. The van der Waals surface area contributed by atoms with Gasteiger partial charge in [-0.3, -0.25) is 4.39 Å². The van der Waals surface area contributed by atoms with Crippen LogP contribution in [0.25, 0.3) is 17.0 Å². The number of halogens is 1. The topological polar surface area (TPSA) is 182 Å². The lowest BCUT2D eigenvalue weighted by atomic mass is 10.0. The number of alkyl halides is 1. The first-order chi connectivity index (χ1) is 27.6. The SMILES string of the molecule is CC(C)(C)OC(=O)N[C@@H](Cc1ccc2c(c1)C=C(C#N)C2)C(=O)OC(C)(C)C.Cn1c(C#N)cc2cc(C[C@H](NC(=O)OC(C)(C)C)C(=O)OC(C)(C)C)ccc21.[2H]CF. The van der Waals surface area contributed by atoms with Gasteiger partial charge in [0.25, 0.3) is 0 Å². The van der Waals surface area contributed by atoms with Crippen molar-refractivity contribution in [3.63, 3.8) is 0 Å². The molecule has 4 rings (SSSR count). The molecule has 2 amide bonds. The molecule has 3 aromatic rings. The number of carbonyl (C=O) groups is 4. The molecule has 2 N–H and O–H groups in total. The molecule has 1 aliphatic carbocycles. The van der Waals surface area contributed by atoms with Crippen LogP contribution in [0.3, 0.4) is 0 Å². The van der Waals surface area contributed by atoms with Gasteiger partial charge in [0.2, 0.25) is 0 Å². The van der Waals surface area contributed by atoms with E-state index in [9.17, 15) is 28.8 Å². The Morgan fingerprint density at radius 2 is 1.17 bits per heavy atom.